The average Bonchev–Trinajstić information content (AvgIpc) is 2.82. The van der Waals surface area contributed by atoms with E-state index in [0.717, 1.165) is 37.4 Å². The summed E-state index contributed by atoms with van der Waals surface area (Å²) in [6, 6.07) is 14.2. The highest BCUT2D eigenvalue weighted by molar-refractivity contribution is 5.85. The summed E-state index contributed by atoms with van der Waals surface area (Å²) in [4.78, 5) is 0. The van der Waals surface area contributed by atoms with Crippen LogP contribution in [-0.2, 0) is 12.8 Å². The van der Waals surface area contributed by atoms with Crippen LogP contribution in [0.2, 0.25) is 0 Å². The SMILES string of the molecule is COc1ccc2c(c1)CCNC2CCCCCCCC1NCCc2cc(OC)ccc21.Cl. The van der Waals surface area contributed by atoms with Gasteiger partial charge in [-0.3, -0.25) is 0 Å². The van der Waals surface area contributed by atoms with E-state index in [0.29, 0.717) is 12.1 Å². The molecular weight excluding hydrogens is 420 g/mol. The van der Waals surface area contributed by atoms with Crippen LogP contribution in [0.15, 0.2) is 36.4 Å². The quantitative estimate of drug-likeness (QED) is 0.433. The molecule has 5 heteroatoms. The zero-order valence-electron chi connectivity index (χ0n) is 19.6. The number of hydrogen-bond donors (Lipinski definition) is 2. The van der Waals surface area contributed by atoms with Crippen LogP contribution in [0.3, 0.4) is 0 Å². The first kappa shape index (κ1) is 24.9. The normalized spacial score (nSPS) is 19.4. The highest BCUT2D eigenvalue weighted by Gasteiger charge is 2.21. The van der Waals surface area contributed by atoms with E-state index >= 15 is 0 Å². The largest absolute Gasteiger partial charge is 0.497 e. The van der Waals surface area contributed by atoms with Crippen LogP contribution in [0.4, 0.5) is 0 Å². The van der Waals surface area contributed by atoms with Gasteiger partial charge in [-0.1, -0.05) is 44.2 Å². The van der Waals surface area contributed by atoms with Crippen molar-refractivity contribution in [1.29, 1.82) is 0 Å². The molecule has 0 bridgehead atoms. The fraction of sp³-hybridized carbons (Fsp3) is 0.556. The highest BCUT2D eigenvalue weighted by atomic mass is 35.5. The molecular formula is C27H39ClN2O2. The van der Waals surface area contributed by atoms with Crippen molar-refractivity contribution in [2.45, 2.75) is 69.9 Å². The van der Waals surface area contributed by atoms with Crippen LogP contribution in [-0.4, -0.2) is 27.3 Å². The van der Waals surface area contributed by atoms with Gasteiger partial charge in [-0.05, 0) is 85.3 Å². The lowest BCUT2D eigenvalue weighted by atomic mass is 9.90. The lowest BCUT2D eigenvalue weighted by molar-refractivity contribution is 0.408. The van der Waals surface area contributed by atoms with Crippen molar-refractivity contribution in [2.24, 2.45) is 0 Å². The second kappa shape index (κ2) is 12.5. The van der Waals surface area contributed by atoms with Crippen molar-refractivity contribution < 1.29 is 9.47 Å². The van der Waals surface area contributed by atoms with Crippen molar-refractivity contribution in [3.63, 3.8) is 0 Å². The zero-order chi connectivity index (χ0) is 21.5. The van der Waals surface area contributed by atoms with Crippen molar-refractivity contribution >= 4 is 12.4 Å². The molecule has 0 spiro atoms. The van der Waals surface area contributed by atoms with Crippen molar-refractivity contribution in [3.8, 4) is 11.5 Å². The standard InChI is InChI=1S/C27H38N2O2.ClH/c1-30-22-10-12-24-20(18-22)14-16-28-26(24)8-6-4-3-5-7-9-27-25-13-11-23(31-2)19-21(25)15-17-29-27;/h10-13,18-19,26-29H,3-9,14-17H2,1-2H3;1H. The Balaban J connectivity index is 0.00000289. The van der Waals surface area contributed by atoms with E-state index in [-0.39, 0.29) is 12.4 Å². The third kappa shape index (κ3) is 6.18. The molecule has 0 aromatic heterocycles. The number of methoxy groups -OCH3 is 2. The maximum Gasteiger partial charge on any atom is 0.119 e. The van der Waals surface area contributed by atoms with Crippen molar-refractivity contribution in [1.82, 2.24) is 10.6 Å². The number of nitrogens with one attached hydrogen (secondary N) is 2. The van der Waals surface area contributed by atoms with Gasteiger partial charge in [0.05, 0.1) is 14.2 Å². The first-order chi connectivity index (χ1) is 15.3. The Kier molecular flexibility index (Phi) is 9.70. The number of unbranched alkanes of at least 4 members (excludes halogenated alkanes) is 4. The maximum absolute atomic E-state index is 5.39. The summed E-state index contributed by atoms with van der Waals surface area (Å²) in [5.41, 5.74) is 5.87. The fourth-order valence-electron chi connectivity index (χ4n) is 5.26. The number of halogens is 1. The van der Waals surface area contributed by atoms with Crippen LogP contribution in [0.1, 0.15) is 79.3 Å². The van der Waals surface area contributed by atoms with Gasteiger partial charge in [0.1, 0.15) is 11.5 Å². The predicted octanol–water partition coefficient (Wildman–Crippen LogP) is 5.93. The van der Waals surface area contributed by atoms with E-state index < -0.39 is 0 Å². The molecule has 2 unspecified atom stereocenters. The molecule has 176 valence electrons. The summed E-state index contributed by atoms with van der Waals surface area (Å²) >= 11 is 0. The van der Waals surface area contributed by atoms with Gasteiger partial charge >= 0.3 is 0 Å². The molecule has 2 N–H and O–H groups in total. The minimum Gasteiger partial charge on any atom is -0.497 e. The van der Waals surface area contributed by atoms with Crippen LogP contribution in [0.25, 0.3) is 0 Å². The summed E-state index contributed by atoms with van der Waals surface area (Å²) in [5, 5.41) is 7.43. The van der Waals surface area contributed by atoms with Crippen LogP contribution in [0, 0.1) is 0 Å². The Labute approximate surface area is 199 Å². The van der Waals surface area contributed by atoms with Gasteiger partial charge in [0.25, 0.3) is 0 Å². The molecule has 0 saturated carbocycles. The number of ether oxygens (including phenoxy) is 2. The van der Waals surface area contributed by atoms with Gasteiger partial charge in [-0.25, -0.2) is 0 Å². The molecule has 0 amide bonds. The zero-order valence-corrected chi connectivity index (χ0v) is 20.4. The lowest BCUT2D eigenvalue weighted by Crippen LogP contribution is -2.29. The highest BCUT2D eigenvalue weighted by Crippen LogP contribution is 2.31. The molecule has 2 aromatic rings. The van der Waals surface area contributed by atoms with Gasteiger partial charge in [0.2, 0.25) is 0 Å². The predicted molar refractivity (Wildman–Crippen MR) is 134 cm³/mol. The monoisotopic (exact) mass is 458 g/mol. The van der Waals surface area contributed by atoms with Crippen molar-refractivity contribution in [3.05, 3.63) is 58.7 Å². The van der Waals surface area contributed by atoms with Gasteiger partial charge < -0.3 is 20.1 Å². The summed E-state index contributed by atoms with van der Waals surface area (Å²) in [6.07, 6.45) is 11.3. The first-order valence-electron chi connectivity index (χ1n) is 12.1. The average molecular weight is 459 g/mol. The number of benzene rings is 2. The van der Waals surface area contributed by atoms with E-state index in [1.807, 2.05) is 0 Å². The molecule has 0 fully saturated rings. The molecule has 2 aromatic carbocycles. The minimum atomic E-state index is 0. The lowest BCUT2D eigenvalue weighted by Gasteiger charge is -2.28. The van der Waals surface area contributed by atoms with E-state index in [4.69, 9.17) is 9.47 Å². The molecule has 4 rings (SSSR count). The van der Waals surface area contributed by atoms with Crippen LogP contribution in [0.5, 0.6) is 11.5 Å². The Morgan fingerprint density at radius 2 is 1.12 bits per heavy atom. The Morgan fingerprint density at radius 1 is 0.688 bits per heavy atom. The second-order valence-electron chi connectivity index (χ2n) is 8.99. The summed E-state index contributed by atoms with van der Waals surface area (Å²) in [7, 11) is 3.50. The molecule has 2 aliphatic rings. The molecule has 0 radical (unpaired) electrons. The third-order valence-corrected chi connectivity index (χ3v) is 7.01. The van der Waals surface area contributed by atoms with E-state index in [1.165, 1.54) is 67.2 Å². The summed E-state index contributed by atoms with van der Waals surface area (Å²) in [6.45, 7) is 2.15. The third-order valence-electron chi connectivity index (χ3n) is 7.01. The Bertz CT molecular complexity index is 788. The molecule has 0 aliphatic carbocycles. The van der Waals surface area contributed by atoms with Gasteiger partial charge in [0.15, 0.2) is 0 Å². The second-order valence-corrected chi connectivity index (χ2v) is 8.99. The van der Waals surface area contributed by atoms with Crippen LogP contribution >= 0.6 is 12.4 Å². The fourth-order valence-corrected chi connectivity index (χ4v) is 5.26. The number of rotatable bonds is 10. The number of hydrogen-bond acceptors (Lipinski definition) is 4. The molecule has 0 saturated heterocycles. The van der Waals surface area contributed by atoms with E-state index in [9.17, 15) is 0 Å². The minimum absolute atomic E-state index is 0. The smallest absolute Gasteiger partial charge is 0.119 e. The summed E-state index contributed by atoms with van der Waals surface area (Å²) in [5.74, 6) is 1.96. The molecule has 2 heterocycles. The first-order valence-corrected chi connectivity index (χ1v) is 12.1. The maximum atomic E-state index is 5.39. The molecule has 2 atom stereocenters. The van der Waals surface area contributed by atoms with Crippen LogP contribution < -0.4 is 20.1 Å². The van der Waals surface area contributed by atoms with Crippen molar-refractivity contribution in [2.75, 3.05) is 27.3 Å². The van der Waals surface area contributed by atoms with Gasteiger partial charge in [-0.15, -0.1) is 12.4 Å². The molecule has 32 heavy (non-hydrogen) atoms. The Hall–Kier alpha value is -1.75. The van der Waals surface area contributed by atoms with Gasteiger partial charge in [0, 0.05) is 12.1 Å². The number of fused-ring (bicyclic) bond motifs is 2. The molecule has 4 nitrogen and oxygen atoms in total. The van der Waals surface area contributed by atoms with Gasteiger partial charge in [-0.2, -0.15) is 0 Å². The Morgan fingerprint density at radius 3 is 1.56 bits per heavy atom. The summed E-state index contributed by atoms with van der Waals surface area (Å²) < 4.78 is 10.8. The van der Waals surface area contributed by atoms with E-state index in [2.05, 4.69) is 47.0 Å². The topological polar surface area (TPSA) is 42.5 Å². The van der Waals surface area contributed by atoms with E-state index in [1.54, 1.807) is 14.2 Å². The molecule has 2 aliphatic heterocycles.